The Bertz CT molecular complexity index is 487. The van der Waals surface area contributed by atoms with Gasteiger partial charge in [-0.05, 0) is 25.3 Å². The summed E-state index contributed by atoms with van der Waals surface area (Å²) in [5.74, 6) is 0.424. The van der Waals surface area contributed by atoms with Crippen molar-refractivity contribution >= 4 is 12.0 Å². The molecule has 5 heteroatoms. The summed E-state index contributed by atoms with van der Waals surface area (Å²) in [5, 5.41) is 0. The van der Waals surface area contributed by atoms with E-state index in [4.69, 9.17) is 0 Å². The molecule has 0 aliphatic carbocycles. The van der Waals surface area contributed by atoms with Crippen molar-refractivity contribution in [2.45, 2.75) is 20.3 Å². The summed E-state index contributed by atoms with van der Waals surface area (Å²) in [6.45, 7) is 5.34. The standard InChI is InChI=1S/C13H16FN3O/c1-9-5-6-17(8-9)13(18)4-3-12-11(14)7-15-10(2)16-12/h3-4,7,9H,5-6,8H2,1-2H3/b4-3+. The number of hydrogen-bond acceptors (Lipinski definition) is 3. The van der Waals surface area contributed by atoms with Crippen LogP contribution in [0.25, 0.3) is 6.08 Å². The lowest BCUT2D eigenvalue weighted by molar-refractivity contribution is -0.125. The SMILES string of the molecule is Cc1ncc(F)c(/C=C/C(=O)N2CCC(C)C2)n1. The number of amides is 1. The number of carbonyl (C=O) groups is 1. The molecule has 0 N–H and O–H groups in total. The largest absolute Gasteiger partial charge is 0.339 e. The fraction of sp³-hybridized carbons (Fsp3) is 0.462. The number of aryl methyl sites for hydroxylation is 1. The number of aromatic nitrogens is 2. The smallest absolute Gasteiger partial charge is 0.246 e. The van der Waals surface area contributed by atoms with E-state index in [0.29, 0.717) is 11.7 Å². The molecule has 96 valence electrons. The summed E-state index contributed by atoms with van der Waals surface area (Å²) in [4.78, 5) is 21.3. The van der Waals surface area contributed by atoms with Gasteiger partial charge in [0.1, 0.15) is 11.5 Å². The van der Waals surface area contributed by atoms with E-state index in [1.165, 1.54) is 12.2 Å². The van der Waals surface area contributed by atoms with E-state index in [9.17, 15) is 9.18 Å². The predicted octanol–water partition coefficient (Wildman–Crippen LogP) is 1.81. The summed E-state index contributed by atoms with van der Waals surface area (Å²) < 4.78 is 13.4. The van der Waals surface area contributed by atoms with Crippen molar-refractivity contribution in [3.63, 3.8) is 0 Å². The minimum Gasteiger partial charge on any atom is -0.339 e. The van der Waals surface area contributed by atoms with E-state index < -0.39 is 5.82 Å². The lowest BCUT2D eigenvalue weighted by Crippen LogP contribution is -2.26. The first-order chi connectivity index (χ1) is 8.56. The van der Waals surface area contributed by atoms with Crippen LogP contribution >= 0.6 is 0 Å². The number of nitrogens with zero attached hydrogens (tertiary/aromatic N) is 3. The third-order valence-corrected chi connectivity index (χ3v) is 3.01. The molecule has 0 radical (unpaired) electrons. The minimum atomic E-state index is -0.514. The normalized spacial score (nSPS) is 19.7. The zero-order valence-corrected chi connectivity index (χ0v) is 10.6. The monoisotopic (exact) mass is 249 g/mol. The van der Waals surface area contributed by atoms with Gasteiger partial charge < -0.3 is 4.90 Å². The number of halogens is 1. The molecular weight excluding hydrogens is 233 g/mol. The van der Waals surface area contributed by atoms with Crippen LogP contribution in [-0.2, 0) is 4.79 Å². The van der Waals surface area contributed by atoms with Crippen LogP contribution < -0.4 is 0 Å². The molecule has 2 heterocycles. The van der Waals surface area contributed by atoms with Gasteiger partial charge in [0.15, 0.2) is 5.82 Å². The Labute approximate surface area is 106 Å². The van der Waals surface area contributed by atoms with Crippen molar-refractivity contribution in [1.82, 2.24) is 14.9 Å². The summed E-state index contributed by atoms with van der Waals surface area (Å²) in [7, 11) is 0. The van der Waals surface area contributed by atoms with Gasteiger partial charge in [0.25, 0.3) is 0 Å². The zero-order chi connectivity index (χ0) is 13.1. The average molecular weight is 249 g/mol. The Morgan fingerprint density at radius 3 is 3.06 bits per heavy atom. The maximum absolute atomic E-state index is 13.4. The fourth-order valence-electron chi connectivity index (χ4n) is 1.98. The van der Waals surface area contributed by atoms with Crippen LogP contribution in [0.5, 0.6) is 0 Å². The Morgan fingerprint density at radius 2 is 2.39 bits per heavy atom. The van der Waals surface area contributed by atoms with Gasteiger partial charge in [-0.15, -0.1) is 0 Å². The highest BCUT2D eigenvalue weighted by molar-refractivity contribution is 5.91. The second-order valence-corrected chi connectivity index (χ2v) is 4.66. The molecule has 1 aromatic rings. The van der Waals surface area contributed by atoms with Crippen LogP contribution in [0.1, 0.15) is 24.9 Å². The van der Waals surface area contributed by atoms with Gasteiger partial charge in [0.2, 0.25) is 5.91 Å². The zero-order valence-electron chi connectivity index (χ0n) is 10.6. The first kappa shape index (κ1) is 12.7. The van der Waals surface area contributed by atoms with Crippen LogP contribution in [0.2, 0.25) is 0 Å². The Balaban J connectivity index is 2.06. The van der Waals surface area contributed by atoms with Crippen LogP contribution in [0.3, 0.4) is 0 Å². The van der Waals surface area contributed by atoms with Crippen molar-refractivity contribution in [3.05, 3.63) is 29.6 Å². The van der Waals surface area contributed by atoms with Crippen LogP contribution in [-0.4, -0.2) is 33.9 Å². The molecule has 1 aliphatic heterocycles. The van der Waals surface area contributed by atoms with Crippen molar-refractivity contribution in [3.8, 4) is 0 Å². The van der Waals surface area contributed by atoms with E-state index in [2.05, 4.69) is 16.9 Å². The van der Waals surface area contributed by atoms with Gasteiger partial charge in [-0.3, -0.25) is 4.79 Å². The van der Waals surface area contributed by atoms with Gasteiger partial charge in [-0.25, -0.2) is 14.4 Å². The Hall–Kier alpha value is -1.78. The number of likely N-dealkylation sites (tertiary alicyclic amines) is 1. The molecule has 1 atom stereocenters. The maximum Gasteiger partial charge on any atom is 0.246 e. The Morgan fingerprint density at radius 1 is 1.61 bits per heavy atom. The van der Waals surface area contributed by atoms with Crippen molar-refractivity contribution in [2.75, 3.05) is 13.1 Å². The number of hydrogen-bond donors (Lipinski definition) is 0. The van der Waals surface area contributed by atoms with E-state index in [1.54, 1.807) is 11.8 Å². The highest BCUT2D eigenvalue weighted by Gasteiger charge is 2.21. The fourth-order valence-corrected chi connectivity index (χ4v) is 1.98. The van der Waals surface area contributed by atoms with E-state index in [1.807, 2.05) is 0 Å². The summed E-state index contributed by atoms with van der Waals surface area (Å²) in [5.41, 5.74) is 0.156. The molecule has 1 unspecified atom stereocenters. The van der Waals surface area contributed by atoms with Crippen LogP contribution in [0.15, 0.2) is 12.3 Å². The molecule has 0 bridgehead atoms. The molecule has 1 aromatic heterocycles. The molecule has 1 saturated heterocycles. The minimum absolute atomic E-state index is 0.0879. The first-order valence-corrected chi connectivity index (χ1v) is 6.02. The lowest BCUT2D eigenvalue weighted by Gasteiger charge is -2.12. The molecule has 1 fully saturated rings. The van der Waals surface area contributed by atoms with E-state index >= 15 is 0 Å². The lowest BCUT2D eigenvalue weighted by atomic mass is 10.2. The molecule has 1 amide bonds. The van der Waals surface area contributed by atoms with Crippen LogP contribution in [0.4, 0.5) is 4.39 Å². The summed E-state index contributed by atoms with van der Waals surface area (Å²) in [6, 6.07) is 0. The molecule has 4 nitrogen and oxygen atoms in total. The summed E-state index contributed by atoms with van der Waals surface area (Å²) >= 11 is 0. The molecule has 0 spiro atoms. The average Bonchev–Trinajstić information content (AvgIpc) is 2.77. The highest BCUT2D eigenvalue weighted by Crippen LogP contribution is 2.15. The second-order valence-electron chi connectivity index (χ2n) is 4.66. The van der Waals surface area contributed by atoms with Crippen molar-refractivity contribution in [2.24, 2.45) is 5.92 Å². The van der Waals surface area contributed by atoms with Crippen molar-refractivity contribution < 1.29 is 9.18 Å². The molecule has 0 aromatic carbocycles. The molecular formula is C13H16FN3O. The van der Waals surface area contributed by atoms with Gasteiger partial charge in [0, 0.05) is 19.2 Å². The topological polar surface area (TPSA) is 46.1 Å². The predicted molar refractivity (Wildman–Crippen MR) is 66.1 cm³/mol. The quantitative estimate of drug-likeness (QED) is 0.751. The third kappa shape index (κ3) is 2.91. The Kier molecular flexibility index (Phi) is 3.69. The van der Waals surface area contributed by atoms with Crippen molar-refractivity contribution in [1.29, 1.82) is 0 Å². The molecule has 0 saturated carbocycles. The molecule has 1 aliphatic rings. The van der Waals surface area contributed by atoms with E-state index in [0.717, 1.165) is 25.7 Å². The second kappa shape index (κ2) is 5.25. The van der Waals surface area contributed by atoms with Gasteiger partial charge in [-0.2, -0.15) is 0 Å². The molecule has 18 heavy (non-hydrogen) atoms. The van der Waals surface area contributed by atoms with E-state index in [-0.39, 0.29) is 11.6 Å². The molecule has 2 rings (SSSR count). The number of rotatable bonds is 2. The van der Waals surface area contributed by atoms with Crippen LogP contribution in [0, 0.1) is 18.7 Å². The summed E-state index contributed by atoms with van der Waals surface area (Å²) in [6.07, 6.45) is 4.93. The highest BCUT2D eigenvalue weighted by atomic mass is 19.1. The third-order valence-electron chi connectivity index (χ3n) is 3.01. The van der Waals surface area contributed by atoms with Gasteiger partial charge in [0.05, 0.1) is 6.20 Å². The first-order valence-electron chi connectivity index (χ1n) is 6.02. The van der Waals surface area contributed by atoms with Gasteiger partial charge in [-0.1, -0.05) is 6.92 Å². The maximum atomic E-state index is 13.4. The van der Waals surface area contributed by atoms with Gasteiger partial charge >= 0.3 is 0 Å². The number of carbonyl (C=O) groups excluding carboxylic acids is 1.